The Hall–Kier alpha value is -13.9. The second-order valence-corrected chi connectivity index (χ2v) is 32.2. The van der Waals surface area contributed by atoms with Crippen LogP contribution in [-0.2, 0) is 43.1 Å². The van der Waals surface area contributed by atoms with E-state index in [1.807, 2.05) is 98.1 Å². The van der Waals surface area contributed by atoms with E-state index in [-0.39, 0.29) is 11.6 Å². The van der Waals surface area contributed by atoms with Gasteiger partial charge in [0.2, 0.25) is 29.0 Å². The lowest BCUT2D eigenvalue weighted by atomic mass is 10.0. The van der Waals surface area contributed by atoms with Gasteiger partial charge in [-0.1, -0.05) is 84.4 Å². The van der Waals surface area contributed by atoms with E-state index in [4.69, 9.17) is 110 Å². The van der Waals surface area contributed by atoms with E-state index in [9.17, 15) is 19.7 Å². The number of nitrogens with zero attached hydrogens (tertiary/aromatic N) is 19. The number of nitrogens with two attached hydrogens (primary N) is 1. The Balaban J connectivity index is 0.000000149. The largest absolute Gasteiger partial charge is 0.497 e. The number of carbonyl (C=O) groups is 2. The van der Waals surface area contributed by atoms with Crippen molar-refractivity contribution >= 4 is 143 Å². The number of nitro benzene ring substituents is 1. The Morgan fingerprint density at radius 2 is 0.754 bits per heavy atom. The van der Waals surface area contributed by atoms with Crippen LogP contribution in [-0.4, -0.2) is 265 Å². The highest BCUT2D eigenvalue weighted by atomic mass is 35.5. The van der Waals surface area contributed by atoms with Gasteiger partial charge in [-0.25, -0.2) is 15.0 Å². The summed E-state index contributed by atoms with van der Waals surface area (Å²) >= 11 is 25.2. The lowest BCUT2D eigenvalue weighted by molar-refractivity contribution is -0.384. The highest BCUT2D eigenvalue weighted by molar-refractivity contribution is 6.66. The molecule has 12 heterocycles. The molecule has 3 aliphatic heterocycles. The Morgan fingerprint density at radius 3 is 1.04 bits per heavy atom. The number of halogens is 4. The third-order valence-corrected chi connectivity index (χ3v) is 23.7. The van der Waals surface area contributed by atoms with Gasteiger partial charge in [0.05, 0.1) is 102 Å². The zero-order valence-corrected chi connectivity index (χ0v) is 77.2. The molecule has 3 saturated heterocycles. The number of nitro groups is 1. The quantitative estimate of drug-likeness (QED) is 0.00885. The number of amides is 1. The molecule has 9 aromatic heterocycles. The fourth-order valence-electron chi connectivity index (χ4n) is 15.4. The van der Waals surface area contributed by atoms with E-state index in [1.54, 1.807) is 91.6 Å². The molecule has 0 unspecified atom stereocenters. The van der Waals surface area contributed by atoms with Crippen LogP contribution in [0.5, 0.6) is 34.5 Å². The van der Waals surface area contributed by atoms with Gasteiger partial charge in [0.25, 0.3) is 5.69 Å². The van der Waals surface area contributed by atoms with Gasteiger partial charge in [-0.2, -0.15) is 15.0 Å². The summed E-state index contributed by atoms with van der Waals surface area (Å²) in [6.07, 6.45) is 8.96. The van der Waals surface area contributed by atoms with Crippen LogP contribution in [0.25, 0.3) is 83.4 Å². The van der Waals surface area contributed by atoms with E-state index in [0.717, 1.165) is 154 Å². The van der Waals surface area contributed by atoms with Crippen LogP contribution < -0.4 is 55.4 Å². The molecule has 18 rings (SSSR count). The summed E-state index contributed by atoms with van der Waals surface area (Å²) in [6.45, 7) is 21.2. The predicted molar refractivity (Wildman–Crippen MR) is 515 cm³/mol. The fourth-order valence-corrected chi connectivity index (χ4v) is 16.2. The van der Waals surface area contributed by atoms with Crippen LogP contribution in [0, 0.1) is 10.1 Å². The Kier molecular flexibility index (Phi) is 31.5. The van der Waals surface area contributed by atoms with Crippen LogP contribution in [0.2, 0.25) is 15.1 Å². The van der Waals surface area contributed by atoms with Gasteiger partial charge < -0.3 is 69.6 Å². The molecule has 41 heteroatoms. The first-order chi connectivity index (χ1) is 65.2. The molecular formula is C93H96Cl4N24O13. The first kappa shape index (κ1) is 94.8. The van der Waals surface area contributed by atoms with Gasteiger partial charge in [-0.15, -0.1) is 30.6 Å². The highest BCUT2D eigenvalue weighted by Gasteiger charge is 2.28. The standard InChI is InChI=1S/C32H33ClN8O4.C29H29ClN8O5.C29H31ClN8O3.C3H3ClO/c1-4-28(42)36-22-7-5-20(6-8-22)15-27-38-39-31-25(24-17-23(43-2)18-26(44-3)29(24)33)16-21-19-35-32(37-30(21)41(27)31)34-9-10-40-11-13-45-14-12-40;1-41-21-15-22(26(30)24(16-21)42-2)23-14-19-17-32-29(31-7-8-36-9-11-43-12-10-36)33-27(19)37-25(34-35-28(23)37)13-18-3-5-20(6-4-18)38(39)40;1-39-21-15-22(26(30)24(16-21)40-2)23-14-19-17-33-29(32-7-8-37-9-11-41-12-10-37)34-27(19)38-25(35-36-28(23)38)13-18-3-5-20(31)6-4-18;1-2-3(4)5/h4-8,16-19H,1,9-15H2,2-3H3,(H,36,42)(H,34,35,37);3-6,14-17H,7-13H2,1-2H3,(H,31,32,33);3-6,14-17H,7-13,31H2,1-2H3,(H,32,33,34);2H,1H2. The van der Waals surface area contributed by atoms with Crippen LogP contribution >= 0.6 is 46.4 Å². The number of rotatable bonds is 31. The Morgan fingerprint density at radius 1 is 0.440 bits per heavy atom. The van der Waals surface area contributed by atoms with E-state index in [1.165, 1.54) is 18.2 Å². The summed E-state index contributed by atoms with van der Waals surface area (Å²) in [5, 5.41) is 54.6. The number of pyridine rings is 3. The minimum absolute atomic E-state index is 0.0183. The minimum atomic E-state index is -0.509. The molecule has 6 N–H and O–H groups in total. The number of morpholine rings is 3. The van der Waals surface area contributed by atoms with E-state index in [0.29, 0.717) is 185 Å². The maximum Gasteiger partial charge on any atom is 0.269 e. The van der Waals surface area contributed by atoms with Crippen molar-refractivity contribution in [2.45, 2.75) is 19.3 Å². The molecule has 0 atom stereocenters. The molecule has 134 heavy (non-hydrogen) atoms. The van der Waals surface area contributed by atoms with Gasteiger partial charge in [0.15, 0.2) is 33.9 Å². The number of non-ortho nitro benzene ring substituents is 1. The summed E-state index contributed by atoms with van der Waals surface area (Å²) in [6, 6.07) is 38.2. The van der Waals surface area contributed by atoms with Crippen LogP contribution in [0.4, 0.5) is 34.9 Å². The number of ether oxygens (including phenoxy) is 9. The normalized spacial score (nSPS) is 13.5. The lowest BCUT2D eigenvalue weighted by Gasteiger charge is -2.26. The Labute approximate surface area is 789 Å². The number of methoxy groups -OCH3 is 6. The van der Waals surface area contributed by atoms with Crippen molar-refractivity contribution in [3.8, 4) is 67.9 Å². The number of nitrogens with one attached hydrogen (secondary N) is 4. The van der Waals surface area contributed by atoms with Crippen molar-refractivity contribution in [3.05, 3.63) is 231 Å². The number of hydrogen-bond donors (Lipinski definition) is 5. The maximum absolute atomic E-state index is 11.7. The van der Waals surface area contributed by atoms with Gasteiger partial charge in [0.1, 0.15) is 52.0 Å². The summed E-state index contributed by atoms with van der Waals surface area (Å²) in [7, 11) is 9.44. The van der Waals surface area contributed by atoms with Gasteiger partial charge >= 0.3 is 0 Å². The van der Waals surface area contributed by atoms with E-state index >= 15 is 0 Å². The van der Waals surface area contributed by atoms with Gasteiger partial charge in [-0.3, -0.25) is 47.6 Å². The molecule has 6 aromatic carbocycles. The molecule has 37 nitrogen and oxygen atoms in total. The van der Waals surface area contributed by atoms with Crippen molar-refractivity contribution in [2.24, 2.45) is 0 Å². The molecule has 0 spiro atoms. The first-order valence-corrected chi connectivity index (χ1v) is 44.1. The van der Waals surface area contributed by atoms with Crippen molar-refractivity contribution < 1.29 is 57.1 Å². The fraction of sp³-hybridized carbons (Fsp3) is 0.290. The monoisotopic (exact) mass is 1900 g/mol. The topological polar surface area (TPSA) is 412 Å². The summed E-state index contributed by atoms with van der Waals surface area (Å²) < 4.78 is 55.3. The number of anilines is 5. The van der Waals surface area contributed by atoms with Crippen LogP contribution in [0.15, 0.2) is 171 Å². The SMILES string of the molecule is C=CC(=O)Cl.C=CC(=O)Nc1ccc(Cc2nnc3c(-c4cc(OC)cc(OC)c4Cl)cc4cnc(NCCN5CCOCC5)nc4n23)cc1.COc1cc(OC)c(Cl)c(-c2cc3cnc(NCCN4CCOCC4)nc3n3c(Cc4ccc(N)cc4)nnc23)c1.COc1cc(OC)c(Cl)c(-c2cc3cnc(NCCN4CCOCC4)nc3n3c(Cc4ccc([N+](=O)[O-])cc4)nnc23)c1. The average Bonchev–Trinajstić information content (AvgIpc) is 1.45. The van der Waals surface area contributed by atoms with E-state index in [2.05, 4.69) is 94.7 Å². The van der Waals surface area contributed by atoms with Gasteiger partial charge in [0, 0.05) is 208 Å². The third kappa shape index (κ3) is 22.5. The number of carbonyl (C=O) groups excluding carboxylic acids is 2. The predicted octanol–water partition coefficient (Wildman–Crippen LogP) is 13.6. The number of nitrogen functional groups attached to an aromatic ring is 1. The van der Waals surface area contributed by atoms with Crippen LogP contribution in [0.3, 0.4) is 0 Å². The number of benzene rings is 6. The molecule has 694 valence electrons. The summed E-state index contributed by atoms with van der Waals surface area (Å²) in [5.41, 5.74) is 18.0. The Bertz CT molecular complexity index is 6760. The lowest BCUT2D eigenvalue weighted by Crippen LogP contribution is -2.39. The number of fused-ring (bicyclic) bond motifs is 9. The zero-order valence-electron chi connectivity index (χ0n) is 74.2. The van der Waals surface area contributed by atoms with Crippen molar-refractivity contribution in [3.63, 3.8) is 0 Å². The zero-order chi connectivity index (χ0) is 93.9. The smallest absolute Gasteiger partial charge is 0.269 e. The summed E-state index contributed by atoms with van der Waals surface area (Å²) in [4.78, 5) is 67.5. The third-order valence-electron chi connectivity index (χ3n) is 22.3. The second-order valence-electron chi connectivity index (χ2n) is 30.7. The molecule has 0 saturated carbocycles. The number of hydrogen-bond acceptors (Lipinski definition) is 32. The average molecular weight is 1900 g/mol. The highest BCUT2D eigenvalue weighted by Crippen LogP contribution is 2.46. The molecule has 0 bridgehead atoms. The molecule has 3 fully saturated rings. The molecule has 0 radical (unpaired) electrons. The molecule has 3 aliphatic rings. The molecule has 1 amide bonds. The minimum Gasteiger partial charge on any atom is -0.497 e. The van der Waals surface area contributed by atoms with E-state index < -0.39 is 10.2 Å². The summed E-state index contributed by atoms with van der Waals surface area (Å²) in [5.74, 6) is 6.43. The molecule has 15 aromatic rings. The van der Waals surface area contributed by atoms with Crippen molar-refractivity contribution in [2.75, 3.05) is 188 Å². The maximum atomic E-state index is 11.7. The van der Waals surface area contributed by atoms with Gasteiger partial charge in [-0.05, 0) is 101 Å². The van der Waals surface area contributed by atoms with Crippen molar-refractivity contribution in [1.29, 1.82) is 0 Å². The van der Waals surface area contributed by atoms with Crippen LogP contribution in [0.1, 0.15) is 34.2 Å². The number of aromatic nitrogens is 15. The molecule has 0 aliphatic carbocycles. The number of allylic oxidation sites excluding steroid dienone is 1. The van der Waals surface area contributed by atoms with Crippen molar-refractivity contribution in [1.82, 2.24) is 88.4 Å². The second kappa shape index (κ2) is 44.6. The molecular weight excluding hydrogens is 1800 g/mol. The first-order valence-electron chi connectivity index (χ1n) is 42.6.